The Balaban J connectivity index is 1.44. The van der Waals surface area contributed by atoms with E-state index in [1.54, 1.807) is 16.4 Å². The Labute approximate surface area is 214 Å². The lowest BCUT2D eigenvalue weighted by atomic mass is 9.65. The summed E-state index contributed by atoms with van der Waals surface area (Å²) in [6.45, 7) is 6.56. The number of carbonyl (C=O) groups excluding carboxylic acids is 2. The van der Waals surface area contributed by atoms with Crippen molar-refractivity contribution in [3.8, 4) is 0 Å². The molecule has 1 saturated heterocycles. The van der Waals surface area contributed by atoms with Crippen LogP contribution >= 0.6 is 22.6 Å². The summed E-state index contributed by atoms with van der Waals surface area (Å²) in [6.07, 6.45) is 2.66. The molecule has 1 saturated carbocycles. The first-order valence-corrected chi connectivity index (χ1v) is 13.7. The van der Waals surface area contributed by atoms with Crippen LogP contribution in [0.15, 0.2) is 53.4 Å². The summed E-state index contributed by atoms with van der Waals surface area (Å²) in [5.74, 6) is -1.22. The van der Waals surface area contributed by atoms with Crippen LogP contribution in [0.5, 0.6) is 0 Å². The highest BCUT2D eigenvalue weighted by molar-refractivity contribution is 14.1. The van der Waals surface area contributed by atoms with E-state index in [9.17, 15) is 18.0 Å². The highest BCUT2D eigenvalue weighted by Gasteiger charge is 2.53. The average Bonchev–Trinajstić information content (AvgIpc) is 3.01. The number of anilines is 1. The van der Waals surface area contributed by atoms with Gasteiger partial charge in [-0.25, -0.2) is 13.2 Å². The van der Waals surface area contributed by atoms with E-state index in [2.05, 4.69) is 48.7 Å². The Morgan fingerprint density at radius 3 is 2.59 bits per heavy atom. The minimum Gasteiger partial charge on any atom is -0.452 e. The molecule has 2 aromatic rings. The van der Waals surface area contributed by atoms with Gasteiger partial charge in [-0.1, -0.05) is 32.9 Å². The summed E-state index contributed by atoms with van der Waals surface area (Å²) >= 11 is 2.14. The minimum absolute atomic E-state index is 0.0415. The van der Waals surface area contributed by atoms with Gasteiger partial charge < -0.3 is 10.1 Å². The van der Waals surface area contributed by atoms with Crippen molar-refractivity contribution in [2.24, 2.45) is 10.8 Å². The van der Waals surface area contributed by atoms with Crippen LogP contribution in [0.2, 0.25) is 0 Å². The zero-order chi connectivity index (χ0) is 24.7. The third-order valence-electron chi connectivity index (χ3n) is 6.49. The van der Waals surface area contributed by atoms with Crippen LogP contribution in [0.1, 0.15) is 50.4 Å². The molecule has 0 spiro atoms. The molecule has 2 atom stereocenters. The van der Waals surface area contributed by atoms with Gasteiger partial charge in [0, 0.05) is 21.8 Å². The number of hydrogen-bond donors (Lipinski definition) is 1. The predicted octanol–water partition coefficient (Wildman–Crippen LogP) is 4.68. The van der Waals surface area contributed by atoms with Crippen LogP contribution in [-0.2, 0) is 19.6 Å². The van der Waals surface area contributed by atoms with Crippen LogP contribution in [-0.4, -0.2) is 43.8 Å². The summed E-state index contributed by atoms with van der Waals surface area (Å²) in [7, 11) is -3.77. The van der Waals surface area contributed by atoms with E-state index < -0.39 is 28.5 Å². The average molecular weight is 596 g/mol. The van der Waals surface area contributed by atoms with E-state index in [-0.39, 0.29) is 27.3 Å². The SMILES string of the molecule is CC1(C)CC2CC(C)(CN2S(=O)(=O)c2cccc(C(=O)OCC(=O)Nc3cccc(I)c3)c2)C1. The molecule has 1 amide bonds. The van der Waals surface area contributed by atoms with E-state index in [1.165, 1.54) is 24.3 Å². The molecule has 1 aliphatic heterocycles. The Morgan fingerprint density at radius 1 is 1.12 bits per heavy atom. The second kappa shape index (κ2) is 9.23. The maximum Gasteiger partial charge on any atom is 0.338 e. The van der Waals surface area contributed by atoms with Gasteiger partial charge in [0.2, 0.25) is 10.0 Å². The van der Waals surface area contributed by atoms with Gasteiger partial charge in [-0.3, -0.25) is 4.79 Å². The highest BCUT2D eigenvalue weighted by Crippen LogP contribution is 2.53. The molecule has 1 N–H and O–H groups in total. The van der Waals surface area contributed by atoms with Crippen LogP contribution < -0.4 is 5.32 Å². The topological polar surface area (TPSA) is 92.8 Å². The van der Waals surface area contributed by atoms with Gasteiger partial charge in [0.1, 0.15) is 0 Å². The zero-order valence-corrected chi connectivity index (χ0v) is 22.5. The molecule has 9 heteroatoms. The summed E-state index contributed by atoms with van der Waals surface area (Å²) in [5.41, 5.74) is 0.748. The van der Waals surface area contributed by atoms with Gasteiger partial charge in [0.15, 0.2) is 6.61 Å². The van der Waals surface area contributed by atoms with Crippen LogP contribution in [0.25, 0.3) is 0 Å². The number of fused-ring (bicyclic) bond motifs is 2. The van der Waals surface area contributed by atoms with Gasteiger partial charge >= 0.3 is 5.97 Å². The summed E-state index contributed by atoms with van der Waals surface area (Å²) in [4.78, 5) is 24.8. The third-order valence-corrected chi connectivity index (χ3v) is 9.05. The predicted molar refractivity (Wildman–Crippen MR) is 138 cm³/mol. The van der Waals surface area contributed by atoms with E-state index in [0.717, 1.165) is 22.8 Å². The number of esters is 1. The molecule has 2 aliphatic rings. The van der Waals surface area contributed by atoms with Crippen LogP contribution in [0.4, 0.5) is 5.69 Å². The Morgan fingerprint density at radius 2 is 1.85 bits per heavy atom. The van der Waals surface area contributed by atoms with Gasteiger partial charge in [-0.2, -0.15) is 4.31 Å². The second-order valence-corrected chi connectivity index (χ2v) is 13.6. The number of hydrogen-bond acceptors (Lipinski definition) is 5. The van der Waals surface area contributed by atoms with Crippen molar-refractivity contribution in [2.75, 3.05) is 18.5 Å². The number of halogens is 1. The smallest absolute Gasteiger partial charge is 0.338 e. The van der Waals surface area contributed by atoms with Gasteiger partial charge in [0.25, 0.3) is 5.91 Å². The molecule has 1 aliphatic carbocycles. The molecule has 182 valence electrons. The van der Waals surface area contributed by atoms with Crippen LogP contribution in [0, 0.1) is 14.4 Å². The maximum absolute atomic E-state index is 13.5. The molecule has 0 radical (unpaired) electrons. The van der Waals surface area contributed by atoms with Gasteiger partial charge in [0.05, 0.1) is 10.5 Å². The maximum atomic E-state index is 13.5. The normalized spacial score (nSPS) is 23.9. The second-order valence-electron chi connectivity index (χ2n) is 10.4. The number of amides is 1. The highest BCUT2D eigenvalue weighted by atomic mass is 127. The Bertz CT molecular complexity index is 1230. The number of sulfonamides is 1. The summed E-state index contributed by atoms with van der Waals surface area (Å²) < 4.78 is 34.7. The number of benzene rings is 2. The van der Waals surface area contributed by atoms with Crippen LogP contribution in [0.3, 0.4) is 0 Å². The van der Waals surface area contributed by atoms with E-state index >= 15 is 0 Å². The first-order valence-electron chi connectivity index (χ1n) is 11.2. The molecule has 2 unspecified atom stereocenters. The van der Waals surface area contributed by atoms with Crippen molar-refractivity contribution in [3.05, 3.63) is 57.7 Å². The molecule has 4 rings (SSSR count). The van der Waals surface area contributed by atoms with E-state index in [0.29, 0.717) is 12.2 Å². The molecule has 2 fully saturated rings. The number of rotatable bonds is 6. The number of ether oxygens (including phenoxy) is 1. The monoisotopic (exact) mass is 596 g/mol. The lowest BCUT2D eigenvalue weighted by molar-refractivity contribution is -0.119. The summed E-state index contributed by atoms with van der Waals surface area (Å²) in [6, 6.07) is 13.1. The van der Waals surface area contributed by atoms with E-state index in [1.807, 2.05) is 12.1 Å². The number of nitrogens with zero attached hydrogens (tertiary/aromatic N) is 1. The third kappa shape index (κ3) is 5.46. The molecule has 2 bridgehead atoms. The standard InChI is InChI=1S/C25H29IN2O5S/c1-24(2)12-20-13-25(3,15-24)16-28(20)34(31,32)21-9-4-6-17(10-21)23(30)33-14-22(29)27-19-8-5-7-18(26)11-19/h4-11,20H,12-16H2,1-3H3,(H,27,29). The van der Waals surface area contributed by atoms with Crippen molar-refractivity contribution in [1.29, 1.82) is 0 Å². The number of nitrogens with one attached hydrogen (secondary N) is 1. The fourth-order valence-corrected chi connectivity index (χ4v) is 7.95. The van der Waals surface area contributed by atoms with Crippen molar-refractivity contribution in [2.45, 2.75) is 51.0 Å². The fourth-order valence-electron chi connectivity index (χ4n) is 5.59. The molecule has 7 nitrogen and oxygen atoms in total. The van der Waals surface area contributed by atoms with Gasteiger partial charge in [-0.05, 0) is 89.1 Å². The fraction of sp³-hybridized carbons (Fsp3) is 0.440. The Hall–Kier alpha value is -1.98. The van der Waals surface area contributed by atoms with Crippen molar-refractivity contribution in [3.63, 3.8) is 0 Å². The largest absolute Gasteiger partial charge is 0.452 e. The molecule has 0 aromatic heterocycles. The first-order chi connectivity index (χ1) is 15.9. The first kappa shape index (κ1) is 25.1. The Kier molecular flexibility index (Phi) is 6.82. The zero-order valence-electron chi connectivity index (χ0n) is 19.5. The number of carbonyl (C=O) groups is 2. The van der Waals surface area contributed by atoms with Gasteiger partial charge in [-0.15, -0.1) is 0 Å². The lowest BCUT2D eigenvalue weighted by Gasteiger charge is -2.39. The van der Waals surface area contributed by atoms with Crippen molar-refractivity contribution < 1.29 is 22.7 Å². The van der Waals surface area contributed by atoms with Crippen molar-refractivity contribution >= 4 is 50.2 Å². The molecule has 1 heterocycles. The minimum atomic E-state index is -3.77. The summed E-state index contributed by atoms with van der Waals surface area (Å²) in [5, 5.41) is 2.67. The van der Waals surface area contributed by atoms with Crippen molar-refractivity contribution in [1.82, 2.24) is 4.31 Å². The van der Waals surface area contributed by atoms with E-state index in [4.69, 9.17) is 4.74 Å². The quantitative estimate of drug-likeness (QED) is 0.387. The molecular formula is C25H29IN2O5S. The molecule has 34 heavy (non-hydrogen) atoms. The molecule has 2 aromatic carbocycles. The molecular weight excluding hydrogens is 567 g/mol. The lowest BCUT2D eigenvalue weighted by Crippen LogP contribution is -2.37.